The first-order chi connectivity index (χ1) is 8.79. The van der Waals surface area contributed by atoms with Crippen molar-refractivity contribution < 1.29 is 19.1 Å². The summed E-state index contributed by atoms with van der Waals surface area (Å²) in [5.74, 6) is -0.439. The van der Waals surface area contributed by atoms with Crippen molar-refractivity contribution in [3.8, 4) is 0 Å². The Morgan fingerprint density at radius 2 is 1.53 bits per heavy atom. The van der Waals surface area contributed by atoms with E-state index in [1.807, 2.05) is 20.8 Å². The first-order valence-corrected chi connectivity index (χ1v) is 6.22. The van der Waals surface area contributed by atoms with Gasteiger partial charge in [0, 0.05) is 5.56 Å². The van der Waals surface area contributed by atoms with Gasteiger partial charge in [0.1, 0.15) is 6.61 Å². The third kappa shape index (κ3) is 5.66. The largest absolute Gasteiger partial charge is 0.460 e. The van der Waals surface area contributed by atoms with Crippen molar-refractivity contribution in [1.82, 2.24) is 0 Å². The third-order valence-corrected chi connectivity index (χ3v) is 2.38. The number of rotatable bonds is 5. The van der Waals surface area contributed by atoms with Crippen molar-refractivity contribution in [2.24, 2.45) is 0 Å². The monoisotopic (exact) mass is 264 g/mol. The van der Waals surface area contributed by atoms with Crippen molar-refractivity contribution in [2.75, 3.05) is 13.2 Å². The van der Waals surface area contributed by atoms with Crippen LogP contribution in [0.3, 0.4) is 0 Å². The number of hydrogen-bond acceptors (Lipinski definition) is 4. The smallest absolute Gasteiger partial charge is 0.338 e. The van der Waals surface area contributed by atoms with E-state index in [2.05, 4.69) is 0 Å². The Balaban J connectivity index is 2.43. The lowest BCUT2D eigenvalue weighted by molar-refractivity contribution is -0.0281. The summed E-state index contributed by atoms with van der Waals surface area (Å²) in [5.41, 5.74) is 0.767. The van der Waals surface area contributed by atoms with E-state index < -0.39 is 5.97 Å². The lowest BCUT2D eigenvalue weighted by Crippen LogP contribution is -2.22. The van der Waals surface area contributed by atoms with Gasteiger partial charge in [-0.15, -0.1) is 0 Å². The molecule has 0 N–H and O–H groups in total. The molecule has 0 spiro atoms. The number of ether oxygens (including phenoxy) is 2. The Morgan fingerprint density at radius 3 is 2.00 bits per heavy atom. The second-order valence-electron chi connectivity index (χ2n) is 5.23. The van der Waals surface area contributed by atoms with Crippen molar-refractivity contribution in [3.63, 3.8) is 0 Å². The van der Waals surface area contributed by atoms with E-state index in [1.54, 1.807) is 24.3 Å². The number of esters is 1. The number of benzene rings is 1. The van der Waals surface area contributed by atoms with E-state index in [1.165, 1.54) is 6.92 Å². The van der Waals surface area contributed by atoms with E-state index in [-0.39, 0.29) is 18.0 Å². The number of carbonyl (C=O) groups excluding carboxylic acids is 2. The lowest BCUT2D eigenvalue weighted by Gasteiger charge is -2.19. The zero-order chi connectivity index (χ0) is 14.5. The van der Waals surface area contributed by atoms with Crippen LogP contribution in [0, 0.1) is 0 Å². The summed E-state index contributed by atoms with van der Waals surface area (Å²) in [6.07, 6.45) is 0. The molecule has 0 radical (unpaired) electrons. The van der Waals surface area contributed by atoms with Crippen LogP contribution >= 0.6 is 0 Å². The fourth-order valence-electron chi connectivity index (χ4n) is 1.41. The summed E-state index contributed by atoms with van der Waals surface area (Å²) in [6.45, 7) is 7.88. The third-order valence-electron chi connectivity index (χ3n) is 2.38. The van der Waals surface area contributed by atoms with Crippen molar-refractivity contribution in [3.05, 3.63) is 35.4 Å². The summed E-state index contributed by atoms with van der Waals surface area (Å²) >= 11 is 0. The molecule has 0 unspecified atom stereocenters. The Morgan fingerprint density at radius 1 is 1.00 bits per heavy atom. The van der Waals surface area contributed by atoms with Gasteiger partial charge in [-0.25, -0.2) is 4.79 Å². The summed E-state index contributed by atoms with van der Waals surface area (Å²) in [6, 6.07) is 6.41. The van der Waals surface area contributed by atoms with Crippen molar-refractivity contribution in [2.45, 2.75) is 33.3 Å². The maximum absolute atomic E-state index is 11.7. The summed E-state index contributed by atoms with van der Waals surface area (Å²) < 4.78 is 10.5. The zero-order valence-corrected chi connectivity index (χ0v) is 11.9. The molecule has 4 nitrogen and oxygen atoms in total. The van der Waals surface area contributed by atoms with Crippen LogP contribution in [0.15, 0.2) is 24.3 Å². The molecule has 0 heterocycles. The van der Waals surface area contributed by atoms with Crippen LogP contribution in [-0.4, -0.2) is 30.6 Å². The SMILES string of the molecule is CC(=O)c1ccc(C(=O)OCCOC(C)(C)C)cc1. The molecule has 0 amide bonds. The quantitative estimate of drug-likeness (QED) is 0.466. The normalized spacial score (nSPS) is 11.2. The molecule has 19 heavy (non-hydrogen) atoms. The summed E-state index contributed by atoms with van der Waals surface area (Å²) in [7, 11) is 0. The molecule has 0 aliphatic rings. The van der Waals surface area contributed by atoms with Gasteiger partial charge in [0.15, 0.2) is 5.78 Å². The Hall–Kier alpha value is -1.68. The van der Waals surface area contributed by atoms with E-state index in [9.17, 15) is 9.59 Å². The van der Waals surface area contributed by atoms with Gasteiger partial charge in [-0.3, -0.25) is 4.79 Å². The average molecular weight is 264 g/mol. The van der Waals surface area contributed by atoms with E-state index in [4.69, 9.17) is 9.47 Å². The van der Waals surface area contributed by atoms with Crippen LogP contribution in [0.4, 0.5) is 0 Å². The first kappa shape index (κ1) is 15.4. The van der Waals surface area contributed by atoms with Gasteiger partial charge in [0.25, 0.3) is 0 Å². The van der Waals surface area contributed by atoms with Crippen LogP contribution in [0.25, 0.3) is 0 Å². The van der Waals surface area contributed by atoms with Crippen LogP contribution in [0.2, 0.25) is 0 Å². The summed E-state index contributed by atoms with van der Waals surface area (Å²) in [4.78, 5) is 22.8. The topological polar surface area (TPSA) is 52.6 Å². The lowest BCUT2D eigenvalue weighted by atomic mass is 10.1. The zero-order valence-electron chi connectivity index (χ0n) is 11.9. The number of hydrogen-bond donors (Lipinski definition) is 0. The molecule has 1 aromatic rings. The van der Waals surface area contributed by atoms with Gasteiger partial charge in [-0.2, -0.15) is 0 Å². The van der Waals surface area contributed by atoms with Gasteiger partial charge in [0.05, 0.1) is 17.8 Å². The van der Waals surface area contributed by atoms with Gasteiger partial charge in [-0.1, -0.05) is 12.1 Å². The Kier molecular flexibility index (Phi) is 5.24. The molecule has 104 valence electrons. The van der Waals surface area contributed by atoms with Crippen LogP contribution < -0.4 is 0 Å². The highest BCUT2D eigenvalue weighted by Crippen LogP contribution is 2.08. The van der Waals surface area contributed by atoms with Gasteiger partial charge in [0.2, 0.25) is 0 Å². The average Bonchev–Trinajstić information content (AvgIpc) is 2.33. The summed E-state index contributed by atoms with van der Waals surface area (Å²) in [5, 5.41) is 0. The fraction of sp³-hybridized carbons (Fsp3) is 0.467. The van der Waals surface area contributed by atoms with Crippen molar-refractivity contribution in [1.29, 1.82) is 0 Å². The predicted octanol–water partition coefficient (Wildman–Crippen LogP) is 2.86. The van der Waals surface area contributed by atoms with Crippen LogP contribution in [0.5, 0.6) is 0 Å². The maximum Gasteiger partial charge on any atom is 0.338 e. The molecule has 0 saturated carbocycles. The van der Waals surface area contributed by atoms with Gasteiger partial charge < -0.3 is 9.47 Å². The molecule has 4 heteroatoms. The van der Waals surface area contributed by atoms with Crippen molar-refractivity contribution >= 4 is 11.8 Å². The number of Topliss-reactive ketones (excluding diaryl/α,β-unsaturated/α-hetero) is 1. The highest BCUT2D eigenvalue weighted by molar-refractivity contribution is 5.96. The Bertz CT molecular complexity index is 440. The minimum atomic E-state index is -0.410. The van der Waals surface area contributed by atoms with Crippen LogP contribution in [0.1, 0.15) is 48.4 Å². The van der Waals surface area contributed by atoms with E-state index >= 15 is 0 Å². The minimum Gasteiger partial charge on any atom is -0.460 e. The number of ketones is 1. The Labute approximate surface area is 113 Å². The molecule has 1 rings (SSSR count). The molecular formula is C15H20O4. The van der Waals surface area contributed by atoms with Gasteiger partial charge >= 0.3 is 5.97 Å². The van der Waals surface area contributed by atoms with E-state index in [0.717, 1.165) is 0 Å². The van der Waals surface area contributed by atoms with Gasteiger partial charge in [-0.05, 0) is 39.8 Å². The molecule has 0 aromatic heterocycles. The first-order valence-electron chi connectivity index (χ1n) is 6.22. The fourth-order valence-corrected chi connectivity index (χ4v) is 1.41. The highest BCUT2D eigenvalue weighted by Gasteiger charge is 2.11. The van der Waals surface area contributed by atoms with Crippen LogP contribution in [-0.2, 0) is 9.47 Å². The molecule has 0 atom stereocenters. The second-order valence-corrected chi connectivity index (χ2v) is 5.23. The molecule has 0 aliphatic carbocycles. The standard InChI is InChI=1S/C15H20O4/c1-11(16)12-5-7-13(8-6-12)14(17)18-9-10-19-15(2,3)4/h5-8H,9-10H2,1-4H3. The highest BCUT2D eigenvalue weighted by atomic mass is 16.6. The predicted molar refractivity (Wildman–Crippen MR) is 72.4 cm³/mol. The minimum absolute atomic E-state index is 0.0292. The molecule has 0 fully saturated rings. The molecule has 0 saturated heterocycles. The molecule has 0 aliphatic heterocycles. The molecule has 1 aromatic carbocycles. The molecule has 0 bridgehead atoms. The second kappa shape index (κ2) is 6.48. The number of carbonyl (C=O) groups is 2. The van der Waals surface area contributed by atoms with E-state index in [0.29, 0.717) is 17.7 Å². The maximum atomic E-state index is 11.7. The molecular weight excluding hydrogens is 244 g/mol.